The number of benzene rings is 4. The Labute approximate surface area is 213 Å². The number of ether oxygens (including phenoxy) is 3. The van der Waals surface area contributed by atoms with Gasteiger partial charge in [0.15, 0.2) is 13.2 Å². The molecule has 0 radical (unpaired) electrons. The van der Waals surface area contributed by atoms with Crippen molar-refractivity contribution in [1.29, 1.82) is 0 Å². The van der Waals surface area contributed by atoms with Gasteiger partial charge in [-0.2, -0.15) is 5.10 Å². The van der Waals surface area contributed by atoms with Crippen LogP contribution < -0.4 is 19.6 Å². The van der Waals surface area contributed by atoms with Gasteiger partial charge in [0.2, 0.25) is 0 Å². The smallest absolute Gasteiger partial charge is 0.349 e. The number of nitrogens with zero attached hydrogens (tertiary/aromatic N) is 1. The molecule has 0 unspecified atom stereocenters. The van der Waals surface area contributed by atoms with Crippen LogP contribution >= 0.6 is 11.6 Å². The summed E-state index contributed by atoms with van der Waals surface area (Å²) in [5.74, 6) is 0.603. The van der Waals surface area contributed by atoms with Crippen LogP contribution in [-0.4, -0.2) is 31.3 Å². The standard InChI is InChI=1S/C28H23ClN2O5/c1-19-14-23(29)9-13-26(19)35-18-28(33)36-24-10-6-20(7-11-24)16-30-31-27(32)17-34-25-12-8-21-4-2-3-5-22(21)15-25/h2-16H,17-18H2,1H3,(H,31,32)/b30-16-. The first-order valence-electron chi connectivity index (χ1n) is 11.1. The Morgan fingerprint density at radius 2 is 1.61 bits per heavy atom. The lowest BCUT2D eigenvalue weighted by Crippen LogP contribution is -2.24. The second-order valence-electron chi connectivity index (χ2n) is 7.83. The van der Waals surface area contributed by atoms with Gasteiger partial charge in [0.25, 0.3) is 5.91 Å². The maximum Gasteiger partial charge on any atom is 0.349 e. The lowest BCUT2D eigenvalue weighted by atomic mass is 10.1. The second-order valence-corrected chi connectivity index (χ2v) is 8.27. The molecule has 182 valence electrons. The lowest BCUT2D eigenvalue weighted by Gasteiger charge is -2.09. The van der Waals surface area contributed by atoms with E-state index in [1.807, 2.05) is 49.4 Å². The van der Waals surface area contributed by atoms with Gasteiger partial charge in [0.1, 0.15) is 17.2 Å². The Kier molecular flexibility index (Phi) is 8.16. The topological polar surface area (TPSA) is 86.2 Å². The van der Waals surface area contributed by atoms with Gasteiger partial charge in [0, 0.05) is 5.02 Å². The number of carbonyl (C=O) groups excluding carboxylic acids is 2. The molecule has 8 heteroatoms. The van der Waals surface area contributed by atoms with Gasteiger partial charge in [-0.15, -0.1) is 0 Å². The van der Waals surface area contributed by atoms with Crippen molar-refractivity contribution >= 4 is 40.5 Å². The Balaban J connectivity index is 1.20. The molecular weight excluding hydrogens is 480 g/mol. The largest absolute Gasteiger partial charge is 0.484 e. The third kappa shape index (κ3) is 7.07. The van der Waals surface area contributed by atoms with Crippen LogP contribution in [0.4, 0.5) is 0 Å². The van der Waals surface area contributed by atoms with Crippen LogP contribution in [0.3, 0.4) is 0 Å². The van der Waals surface area contributed by atoms with E-state index >= 15 is 0 Å². The molecule has 0 spiro atoms. The molecule has 7 nitrogen and oxygen atoms in total. The summed E-state index contributed by atoms with van der Waals surface area (Å²) in [4.78, 5) is 24.1. The van der Waals surface area contributed by atoms with Crippen molar-refractivity contribution in [2.24, 2.45) is 5.10 Å². The van der Waals surface area contributed by atoms with E-state index in [2.05, 4.69) is 10.5 Å². The highest BCUT2D eigenvalue weighted by Gasteiger charge is 2.08. The quantitative estimate of drug-likeness (QED) is 0.145. The molecule has 0 fully saturated rings. The molecule has 0 atom stereocenters. The van der Waals surface area contributed by atoms with Gasteiger partial charge in [-0.25, -0.2) is 10.2 Å². The molecule has 1 N–H and O–H groups in total. The number of halogens is 1. The van der Waals surface area contributed by atoms with Crippen LogP contribution in [0.15, 0.2) is 90.0 Å². The summed E-state index contributed by atoms with van der Waals surface area (Å²) in [5, 5.41) is 6.66. The van der Waals surface area contributed by atoms with Crippen LogP contribution in [0, 0.1) is 6.92 Å². The number of hydrogen-bond acceptors (Lipinski definition) is 6. The number of aryl methyl sites for hydroxylation is 1. The summed E-state index contributed by atoms with van der Waals surface area (Å²) in [7, 11) is 0. The molecule has 0 aliphatic carbocycles. The van der Waals surface area contributed by atoms with Gasteiger partial charge in [-0.05, 0) is 83.4 Å². The molecule has 4 aromatic rings. The Morgan fingerprint density at radius 1 is 0.861 bits per heavy atom. The van der Waals surface area contributed by atoms with Crippen molar-refractivity contribution in [2.75, 3.05) is 13.2 Å². The Morgan fingerprint density at radius 3 is 2.39 bits per heavy atom. The number of hydrazone groups is 1. The van der Waals surface area contributed by atoms with Crippen molar-refractivity contribution in [3.8, 4) is 17.2 Å². The first-order chi connectivity index (χ1) is 17.5. The fourth-order valence-electron chi connectivity index (χ4n) is 3.31. The number of amides is 1. The van der Waals surface area contributed by atoms with Crippen molar-refractivity contribution in [2.45, 2.75) is 6.92 Å². The van der Waals surface area contributed by atoms with Crippen LogP contribution in [0.1, 0.15) is 11.1 Å². The summed E-state index contributed by atoms with van der Waals surface area (Å²) in [6, 6.07) is 25.3. The number of rotatable bonds is 9. The Bertz CT molecular complexity index is 1400. The van der Waals surface area contributed by atoms with E-state index in [-0.39, 0.29) is 19.1 Å². The molecule has 0 saturated heterocycles. The highest BCUT2D eigenvalue weighted by molar-refractivity contribution is 6.30. The molecule has 36 heavy (non-hydrogen) atoms. The van der Waals surface area contributed by atoms with Gasteiger partial charge >= 0.3 is 5.97 Å². The molecule has 0 bridgehead atoms. The maximum absolute atomic E-state index is 12.1. The van der Waals surface area contributed by atoms with Gasteiger partial charge in [-0.3, -0.25) is 4.79 Å². The van der Waals surface area contributed by atoms with Gasteiger partial charge < -0.3 is 14.2 Å². The molecule has 0 aliphatic rings. The van der Waals surface area contributed by atoms with Crippen LogP contribution in [-0.2, 0) is 9.59 Å². The van der Waals surface area contributed by atoms with Gasteiger partial charge in [-0.1, -0.05) is 41.9 Å². The minimum atomic E-state index is -0.538. The predicted octanol–water partition coefficient (Wildman–Crippen LogP) is 5.32. The maximum atomic E-state index is 12.1. The summed E-state index contributed by atoms with van der Waals surface area (Å²) in [6.07, 6.45) is 1.48. The first-order valence-corrected chi connectivity index (χ1v) is 11.5. The molecule has 0 aliphatic heterocycles. The zero-order valence-electron chi connectivity index (χ0n) is 19.4. The van der Waals surface area contributed by atoms with E-state index in [0.717, 1.165) is 16.3 Å². The average Bonchev–Trinajstić information content (AvgIpc) is 2.88. The molecule has 0 saturated carbocycles. The van der Waals surface area contributed by atoms with Crippen molar-refractivity contribution in [3.63, 3.8) is 0 Å². The Hall–Kier alpha value is -4.36. The monoisotopic (exact) mass is 502 g/mol. The number of esters is 1. The van der Waals surface area contributed by atoms with E-state index in [4.69, 9.17) is 25.8 Å². The highest BCUT2D eigenvalue weighted by atomic mass is 35.5. The molecule has 4 aromatic carbocycles. The van der Waals surface area contributed by atoms with Crippen LogP contribution in [0.2, 0.25) is 5.02 Å². The molecule has 0 heterocycles. The fourth-order valence-corrected chi connectivity index (χ4v) is 3.54. The SMILES string of the molecule is Cc1cc(Cl)ccc1OCC(=O)Oc1ccc(/C=N\NC(=O)COc2ccc3ccccc3c2)cc1. The summed E-state index contributed by atoms with van der Waals surface area (Å²) in [5.41, 5.74) is 3.95. The summed E-state index contributed by atoms with van der Waals surface area (Å²) >= 11 is 5.92. The van der Waals surface area contributed by atoms with E-state index in [1.54, 1.807) is 42.5 Å². The summed E-state index contributed by atoms with van der Waals surface area (Å²) in [6.45, 7) is 1.44. The van der Waals surface area contributed by atoms with E-state index in [0.29, 0.717) is 27.8 Å². The van der Waals surface area contributed by atoms with E-state index < -0.39 is 5.97 Å². The van der Waals surface area contributed by atoms with Crippen LogP contribution in [0.25, 0.3) is 10.8 Å². The molecule has 4 rings (SSSR count). The van der Waals surface area contributed by atoms with Gasteiger partial charge in [0.05, 0.1) is 6.21 Å². The van der Waals surface area contributed by atoms with Crippen molar-refractivity contribution < 1.29 is 23.8 Å². The van der Waals surface area contributed by atoms with E-state index in [1.165, 1.54) is 6.21 Å². The number of hydrogen-bond donors (Lipinski definition) is 1. The molecular formula is C28H23ClN2O5. The van der Waals surface area contributed by atoms with Crippen molar-refractivity contribution in [1.82, 2.24) is 5.43 Å². The minimum absolute atomic E-state index is 0.164. The highest BCUT2D eigenvalue weighted by Crippen LogP contribution is 2.22. The summed E-state index contributed by atoms with van der Waals surface area (Å²) < 4.78 is 16.3. The zero-order valence-corrected chi connectivity index (χ0v) is 20.2. The minimum Gasteiger partial charge on any atom is -0.484 e. The predicted molar refractivity (Wildman–Crippen MR) is 139 cm³/mol. The number of carbonyl (C=O) groups is 2. The van der Waals surface area contributed by atoms with Crippen LogP contribution in [0.5, 0.6) is 17.2 Å². The number of fused-ring (bicyclic) bond motifs is 1. The number of nitrogens with one attached hydrogen (secondary N) is 1. The fraction of sp³-hybridized carbons (Fsp3) is 0.107. The molecule has 1 amide bonds. The van der Waals surface area contributed by atoms with Crippen molar-refractivity contribution in [3.05, 3.63) is 101 Å². The lowest BCUT2D eigenvalue weighted by molar-refractivity contribution is -0.136. The third-order valence-corrected chi connectivity index (χ3v) is 5.32. The second kappa shape index (κ2) is 11.9. The first kappa shape index (κ1) is 24.8. The zero-order chi connectivity index (χ0) is 25.3. The van der Waals surface area contributed by atoms with E-state index in [9.17, 15) is 9.59 Å². The molecule has 0 aromatic heterocycles. The normalized spacial score (nSPS) is 10.8. The third-order valence-electron chi connectivity index (χ3n) is 5.09. The average molecular weight is 503 g/mol.